The molecule has 1 heterocycles. The third kappa shape index (κ3) is 3.79. The maximum absolute atomic E-state index is 12.8. The van der Waals surface area contributed by atoms with Gasteiger partial charge >= 0.3 is 0 Å². The first-order chi connectivity index (χ1) is 8.67. The molecule has 1 atom stereocenters. The Kier molecular flexibility index (Phi) is 4.72. The second-order valence-corrected chi connectivity index (χ2v) is 5.78. The monoisotopic (exact) mass is 283 g/mol. The van der Waals surface area contributed by atoms with E-state index in [0.29, 0.717) is 11.8 Å². The molecule has 0 saturated carbocycles. The molecule has 1 unspecified atom stereocenters. The number of rotatable bonds is 5. The highest BCUT2D eigenvalue weighted by Crippen LogP contribution is 2.18. The van der Waals surface area contributed by atoms with Crippen LogP contribution < -0.4 is 0 Å². The highest BCUT2D eigenvalue weighted by molar-refractivity contribution is 7.09. The summed E-state index contributed by atoms with van der Waals surface area (Å²) in [7, 11) is 0. The predicted octanol–water partition coefficient (Wildman–Crippen LogP) is 4.23. The van der Waals surface area contributed by atoms with Crippen molar-refractivity contribution in [2.24, 2.45) is 5.92 Å². The van der Waals surface area contributed by atoms with Crippen LogP contribution in [0.15, 0.2) is 29.6 Å². The number of nitrogens with zero attached hydrogens (tertiary/aromatic N) is 1. The molecule has 0 bridgehead atoms. The first-order valence-corrected chi connectivity index (χ1v) is 7.30. The summed E-state index contributed by atoms with van der Waals surface area (Å²) in [4.78, 5) is 4.45. The van der Waals surface area contributed by atoms with E-state index < -0.39 is 0 Å². The molecule has 96 valence electrons. The van der Waals surface area contributed by atoms with Crippen LogP contribution >= 0.6 is 22.9 Å². The van der Waals surface area contributed by atoms with Gasteiger partial charge in [-0.3, -0.25) is 0 Å². The number of halogens is 2. The molecule has 0 aliphatic heterocycles. The van der Waals surface area contributed by atoms with Gasteiger partial charge < -0.3 is 0 Å². The Morgan fingerprint density at radius 1 is 1.28 bits per heavy atom. The summed E-state index contributed by atoms with van der Waals surface area (Å²) in [6.07, 6.45) is 1.74. The number of aryl methyl sites for hydroxylation is 1. The van der Waals surface area contributed by atoms with Gasteiger partial charge in [-0.15, -0.1) is 22.9 Å². The standard InChI is InChI=1S/C14H15ClFNS/c1-10-17-14(9-18-10)7-12(8-15)6-11-2-4-13(16)5-3-11/h2-5,9,12H,6-8H2,1H3. The van der Waals surface area contributed by atoms with E-state index in [1.807, 2.05) is 19.1 Å². The van der Waals surface area contributed by atoms with Gasteiger partial charge in [-0.25, -0.2) is 9.37 Å². The van der Waals surface area contributed by atoms with E-state index in [-0.39, 0.29) is 5.82 Å². The summed E-state index contributed by atoms with van der Waals surface area (Å²) < 4.78 is 12.8. The summed E-state index contributed by atoms with van der Waals surface area (Å²) in [5.41, 5.74) is 2.22. The zero-order valence-electron chi connectivity index (χ0n) is 10.2. The zero-order chi connectivity index (χ0) is 13.0. The summed E-state index contributed by atoms with van der Waals surface area (Å²) in [5.74, 6) is 0.739. The molecule has 1 nitrogen and oxygen atoms in total. The van der Waals surface area contributed by atoms with Crippen molar-refractivity contribution < 1.29 is 4.39 Å². The van der Waals surface area contributed by atoms with Crippen molar-refractivity contribution in [2.45, 2.75) is 19.8 Å². The van der Waals surface area contributed by atoms with Gasteiger partial charge in [0.2, 0.25) is 0 Å². The fraction of sp³-hybridized carbons (Fsp3) is 0.357. The Bertz CT molecular complexity index is 495. The molecule has 2 rings (SSSR count). The number of benzene rings is 1. The zero-order valence-corrected chi connectivity index (χ0v) is 11.8. The summed E-state index contributed by atoms with van der Waals surface area (Å²) in [6.45, 7) is 2.00. The quantitative estimate of drug-likeness (QED) is 0.748. The van der Waals surface area contributed by atoms with Crippen molar-refractivity contribution >= 4 is 22.9 Å². The predicted molar refractivity (Wildman–Crippen MR) is 74.9 cm³/mol. The number of hydrogen-bond donors (Lipinski definition) is 0. The normalized spacial score (nSPS) is 12.6. The molecule has 0 aliphatic rings. The van der Waals surface area contributed by atoms with E-state index in [0.717, 1.165) is 29.1 Å². The minimum absolute atomic E-state index is 0.198. The van der Waals surface area contributed by atoms with Crippen LogP contribution in [0.1, 0.15) is 16.3 Å². The van der Waals surface area contributed by atoms with Gasteiger partial charge in [-0.2, -0.15) is 0 Å². The Morgan fingerprint density at radius 2 is 2.00 bits per heavy atom. The van der Waals surface area contributed by atoms with E-state index in [1.165, 1.54) is 12.1 Å². The first kappa shape index (κ1) is 13.5. The van der Waals surface area contributed by atoms with Crippen LogP contribution in [0.2, 0.25) is 0 Å². The van der Waals surface area contributed by atoms with Crippen LogP contribution in [0.25, 0.3) is 0 Å². The van der Waals surface area contributed by atoms with E-state index in [9.17, 15) is 4.39 Å². The largest absolute Gasteiger partial charge is 0.247 e. The fourth-order valence-corrected chi connectivity index (χ4v) is 2.78. The molecule has 0 fully saturated rings. The van der Waals surface area contributed by atoms with Crippen LogP contribution in [0, 0.1) is 18.7 Å². The lowest BCUT2D eigenvalue weighted by atomic mass is 9.97. The van der Waals surface area contributed by atoms with Crippen LogP contribution in [-0.4, -0.2) is 10.9 Å². The average molecular weight is 284 g/mol. The van der Waals surface area contributed by atoms with Crippen molar-refractivity contribution in [1.29, 1.82) is 0 Å². The summed E-state index contributed by atoms with van der Waals surface area (Å²) in [5, 5.41) is 3.17. The summed E-state index contributed by atoms with van der Waals surface area (Å²) >= 11 is 7.67. The van der Waals surface area contributed by atoms with Crippen LogP contribution in [-0.2, 0) is 12.8 Å². The van der Waals surface area contributed by atoms with Gasteiger partial charge in [0.1, 0.15) is 5.82 Å². The van der Waals surface area contributed by atoms with Crippen molar-refractivity contribution in [2.75, 3.05) is 5.88 Å². The Balaban J connectivity index is 1.99. The van der Waals surface area contributed by atoms with Gasteiger partial charge in [0.15, 0.2) is 0 Å². The third-order valence-electron chi connectivity index (χ3n) is 2.82. The van der Waals surface area contributed by atoms with E-state index in [1.54, 1.807) is 11.3 Å². The topological polar surface area (TPSA) is 12.9 Å². The molecule has 0 aliphatic carbocycles. The molecule has 1 aromatic heterocycles. The minimum atomic E-state index is -0.198. The number of thiazole rings is 1. The van der Waals surface area contributed by atoms with Crippen LogP contribution in [0.5, 0.6) is 0 Å². The molecular formula is C14H15ClFNS. The Hall–Kier alpha value is -0.930. The molecule has 1 aromatic carbocycles. The molecule has 0 saturated heterocycles. The second-order valence-electron chi connectivity index (χ2n) is 4.41. The Morgan fingerprint density at radius 3 is 2.56 bits per heavy atom. The van der Waals surface area contributed by atoms with Gasteiger partial charge in [-0.1, -0.05) is 12.1 Å². The second kappa shape index (κ2) is 6.30. The van der Waals surface area contributed by atoms with Crippen LogP contribution in [0.4, 0.5) is 4.39 Å². The Labute approximate surface area is 116 Å². The maximum Gasteiger partial charge on any atom is 0.123 e. The highest BCUT2D eigenvalue weighted by Gasteiger charge is 2.11. The maximum atomic E-state index is 12.8. The minimum Gasteiger partial charge on any atom is -0.247 e. The molecule has 18 heavy (non-hydrogen) atoms. The van der Waals surface area contributed by atoms with Crippen molar-refractivity contribution in [3.8, 4) is 0 Å². The molecular weight excluding hydrogens is 269 g/mol. The van der Waals surface area contributed by atoms with Gasteiger partial charge in [0.25, 0.3) is 0 Å². The van der Waals surface area contributed by atoms with E-state index in [2.05, 4.69) is 10.4 Å². The average Bonchev–Trinajstić information content (AvgIpc) is 2.77. The molecule has 0 amide bonds. The smallest absolute Gasteiger partial charge is 0.123 e. The number of alkyl halides is 1. The molecule has 0 spiro atoms. The lowest BCUT2D eigenvalue weighted by molar-refractivity contribution is 0.574. The molecule has 0 radical (unpaired) electrons. The van der Waals surface area contributed by atoms with Crippen molar-refractivity contribution in [3.63, 3.8) is 0 Å². The van der Waals surface area contributed by atoms with E-state index >= 15 is 0 Å². The SMILES string of the molecule is Cc1nc(CC(CCl)Cc2ccc(F)cc2)cs1. The summed E-state index contributed by atoms with van der Waals surface area (Å²) in [6, 6.07) is 6.63. The highest BCUT2D eigenvalue weighted by atomic mass is 35.5. The van der Waals surface area contributed by atoms with Gasteiger partial charge in [-0.05, 0) is 43.4 Å². The lowest BCUT2D eigenvalue weighted by Crippen LogP contribution is -2.10. The lowest BCUT2D eigenvalue weighted by Gasteiger charge is -2.12. The molecule has 4 heteroatoms. The third-order valence-corrected chi connectivity index (χ3v) is 4.08. The number of aromatic nitrogens is 1. The van der Waals surface area contributed by atoms with Gasteiger partial charge in [0, 0.05) is 11.3 Å². The fourth-order valence-electron chi connectivity index (χ4n) is 1.93. The van der Waals surface area contributed by atoms with Crippen molar-refractivity contribution in [1.82, 2.24) is 4.98 Å². The van der Waals surface area contributed by atoms with Crippen molar-refractivity contribution in [3.05, 3.63) is 51.7 Å². The van der Waals surface area contributed by atoms with Crippen LogP contribution in [0.3, 0.4) is 0 Å². The first-order valence-electron chi connectivity index (χ1n) is 5.89. The van der Waals surface area contributed by atoms with E-state index in [4.69, 9.17) is 11.6 Å². The molecule has 0 N–H and O–H groups in total. The molecule has 2 aromatic rings. The number of hydrogen-bond acceptors (Lipinski definition) is 2. The van der Waals surface area contributed by atoms with Gasteiger partial charge in [0.05, 0.1) is 10.7 Å².